The van der Waals surface area contributed by atoms with Gasteiger partial charge in [0, 0.05) is 0 Å². The van der Waals surface area contributed by atoms with E-state index in [4.69, 9.17) is 11.6 Å². The molecule has 1 atom stereocenters. The van der Waals surface area contributed by atoms with E-state index in [0.29, 0.717) is 15.2 Å². The van der Waals surface area contributed by atoms with Gasteiger partial charge in [-0.15, -0.1) is 0 Å². The van der Waals surface area contributed by atoms with Crippen molar-refractivity contribution in [2.75, 3.05) is 11.4 Å². The van der Waals surface area contributed by atoms with Crippen molar-refractivity contribution in [1.29, 1.82) is 0 Å². The summed E-state index contributed by atoms with van der Waals surface area (Å²) in [5.74, 6) is -0.236. The average molecular weight is 346 g/mol. The highest BCUT2D eigenvalue weighted by atomic mass is 79.9. The molecule has 1 aliphatic rings. The molecule has 0 spiro atoms. The van der Waals surface area contributed by atoms with Gasteiger partial charge in [0.1, 0.15) is 12.6 Å². The van der Waals surface area contributed by atoms with E-state index in [-0.39, 0.29) is 24.3 Å². The molecule has 0 aromatic heterocycles. The Morgan fingerprint density at radius 1 is 1.42 bits per heavy atom. The molecule has 1 heterocycles. The minimum atomic E-state index is -0.493. The van der Waals surface area contributed by atoms with Crippen LogP contribution in [0, 0.1) is 5.92 Å². The Balaban J connectivity index is 2.40. The average Bonchev–Trinajstić information content (AvgIpc) is 2.35. The summed E-state index contributed by atoms with van der Waals surface area (Å²) >= 11 is 9.39. The van der Waals surface area contributed by atoms with Crippen LogP contribution < -0.4 is 10.2 Å². The summed E-state index contributed by atoms with van der Waals surface area (Å²) in [6.07, 6.45) is 0. The maximum Gasteiger partial charge on any atom is 0.250 e. The molecule has 2 rings (SSSR count). The molecular formula is C13H14BrClN2O2. The van der Waals surface area contributed by atoms with E-state index < -0.39 is 6.04 Å². The highest BCUT2D eigenvalue weighted by Gasteiger charge is 2.36. The first-order chi connectivity index (χ1) is 8.91. The number of benzene rings is 1. The van der Waals surface area contributed by atoms with Gasteiger partial charge in [-0.05, 0) is 34.0 Å². The van der Waals surface area contributed by atoms with Crippen LogP contribution in [0.4, 0.5) is 5.69 Å². The molecule has 1 fully saturated rings. The van der Waals surface area contributed by atoms with Crippen LogP contribution in [0.25, 0.3) is 0 Å². The molecule has 1 aromatic carbocycles. The number of anilines is 1. The fraction of sp³-hybridized carbons (Fsp3) is 0.385. The number of nitrogens with zero attached hydrogens (tertiary/aromatic N) is 1. The van der Waals surface area contributed by atoms with E-state index in [1.54, 1.807) is 18.2 Å². The Morgan fingerprint density at radius 2 is 2.11 bits per heavy atom. The molecule has 6 heteroatoms. The van der Waals surface area contributed by atoms with Crippen LogP contribution in [0.2, 0.25) is 5.02 Å². The second-order valence-corrected chi connectivity index (χ2v) is 5.99. The largest absolute Gasteiger partial charge is 0.342 e. The SMILES string of the molecule is CC(C)C1NC(=O)CN(c2cccc(Cl)c2Br)C1=O. The molecule has 1 saturated heterocycles. The van der Waals surface area contributed by atoms with Gasteiger partial charge in [0.15, 0.2) is 0 Å². The number of carbonyl (C=O) groups is 2. The first-order valence-corrected chi connectivity index (χ1v) is 7.13. The first kappa shape index (κ1) is 14.3. The summed E-state index contributed by atoms with van der Waals surface area (Å²) in [6.45, 7) is 3.82. The number of amides is 2. The number of halogens is 2. The smallest absolute Gasteiger partial charge is 0.250 e. The molecule has 4 nitrogen and oxygen atoms in total. The molecule has 1 unspecified atom stereocenters. The number of hydrogen-bond donors (Lipinski definition) is 1. The van der Waals surface area contributed by atoms with Crippen LogP contribution in [-0.2, 0) is 9.59 Å². The van der Waals surface area contributed by atoms with Crippen LogP contribution in [0.5, 0.6) is 0 Å². The van der Waals surface area contributed by atoms with Gasteiger partial charge in [0.2, 0.25) is 11.8 Å². The molecule has 0 bridgehead atoms. The van der Waals surface area contributed by atoms with Gasteiger partial charge < -0.3 is 10.2 Å². The lowest BCUT2D eigenvalue weighted by molar-refractivity contribution is -0.132. The Kier molecular flexibility index (Phi) is 4.16. The van der Waals surface area contributed by atoms with Crippen LogP contribution in [0.3, 0.4) is 0 Å². The molecule has 2 amide bonds. The highest BCUT2D eigenvalue weighted by molar-refractivity contribution is 9.10. The Bertz CT molecular complexity index is 533. The number of carbonyl (C=O) groups excluding carboxylic acids is 2. The van der Waals surface area contributed by atoms with Crippen LogP contribution in [-0.4, -0.2) is 24.4 Å². The minimum absolute atomic E-state index is 0.0149. The lowest BCUT2D eigenvalue weighted by Crippen LogP contribution is -2.60. The monoisotopic (exact) mass is 344 g/mol. The van der Waals surface area contributed by atoms with Crippen molar-refractivity contribution in [3.05, 3.63) is 27.7 Å². The lowest BCUT2D eigenvalue weighted by Gasteiger charge is -2.34. The van der Waals surface area contributed by atoms with Gasteiger partial charge in [-0.25, -0.2) is 0 Å². The fourth-order valence-corrected chi connectivity index (χ4v) is 2.67. The second-order valence-electron chi connectivity index (χ2n) is 4.79. The molecule has 19 heavy (non-hydrogen) atoms. The summed E-state index contributed by atoms with van der Waals surface area (Å²) in [7, 11) is 0. The maximum absolute atomic E-state index is 12.4. The van der Waals surface area contributed by atoms with E-state index in [0.717, 1.165) is 0 Å². The molecule has 1 aromatic rings. The summed E-state index contributed by atoms with van der Waals surface area (Å²) in [5, 5.41) is 3.23. The standard InChI is InChI=1S/C13H14BrClN2O2/c1-7(2)12-13(19)17(6-10(18)16-12)9-5-3-4-8(15)11(9)14/h3-5,7,12H,6H2,1-2H3,(H,16,18). The molecule has 1 aliphatic heterocycles. The molecule has 0 saturated carbocycles. The molecule has 0 radical (unpaired) electrons. The van der Waals surface area contributed by atoms with Crippen molar-refractivity contribution >= 4 is 45.0 Å². The third-order valence-corrected chi connectivity index (χ3v) is 4.42. The van der Waals surface area contributed by atoms with Gasteiger partial charge in [0.25, 0.3) is 0 Å². The van der Waals surface area contributed by atoms with Crippen molar-refractivity contribution in [3.63, 3.8) is 0 Å². The van der Waals surface area contributed by atoms with Gasteiger partial charge >= 0.3 is 0 Å². The minimum Gasteiger partial charge on any atom is -0.342 e. The van der Waals surface area contributed by atoms with Crippen LogP contribution in [0.15, 0.2) is 22.7 Å². The zero-order valence-electron chi connectivity index (χ0n) is 10.6. The lowest BCUT2D eigenvalue weighted by atomic mass is 10.0. The highest BCUT2D eigenvalue weighted by Crippen LogP contribution is 2.34. The van der Waals surface area contributed by atoms with Gasteiger partial charge in [-0.1, -0.05) is 31.5 Å². The molecule has 102 valence electrons. The predicted octanol–water partition coefficient (Wildman–Crippen LogP) is 2.59. The van der Waals surface area contributed by atoms with E-state index in [9.17, 15) is 9.59 Å². The molecule has 0 aliphatic carbocycles. The number of rotatable bonds is 2. The van der Waals surface area contributed by atoms with Gasteiger partial charge in [0.05, 0.1) is 15.2 Å². The van der Waals surface area contributed by atoms with Gasteiger partial charge in [-0.2, -0.15) is 0 Å². The first-order valence-electron chi connectivity index (χ1n) is 5.96. The zero-order chi connectivity index (χ0) is 14.2. The fourth-order valence-electron chi connectivity index (χ4n) is 2.03. The van der Waals surface area contributed by atoms with Crippen molar-refractivity contribution in [3.8, 4) is 0 Å². The zero-order valence-corrected chi connectivity index (χ0v) is 13.0. The Morgan fingerprint density at radius 3 is 2.74 bits per heavy atom. The molecule has 1 N–H and O–H groups in total. The van der Waals surface area contributed by atoms with E-state index in [1.165, 1.54) is 4.90 Å². The van der Waals surface area contributed by atoms with Crippen molar-refractivity contribution in [2.24, 2.45) is 5.92 Å². The summed E-state index contributed by atoms with van der Waals surface area (Å²) < 4.78 is 0.627. The van der Waals surface area contributed by atoms with E-state index in [2.05, 4.69) is 21.2 Å². The molecular weight excluding hydrogens is 332 g/mol. The number of piperazine rings is 1. The van der Waals surface area contributed by atoms with Crippen molar-refractivity contribution < 1.29 is 9.59 Å². The summed E-state index contributed by atoms with van der Waals surface area (Å²) in [5.41, 5.74) is 0.623. The number of hydrogen-bond acceptors (Lipinski definition) is 2. The summed E-state index contributed by atoms with van der Waals surface area (Å²) in [4.78, 5) is 25.6. The Hall–Kier alpha value is -1.07. The van der Waals surface area contributed by atoms with E-state index in [1.807, 2.05) is 13.8 Å². The van der Waals surface area contributed by atoms with E-state index >= 15 is 0 Å². The second kappa shape index (κ2) is 5.51. The van der Waals surface area contributed by atoms with Crippen molar-refractivity contribution in [2.45, 2.75) is 19.9 Å². The Labute approximate surface area is 125 Å². The normalized spacial score (nSPS) is 19.8. The summed E-state index contributed by atoms with van der Waals surface area (Å²) in [6, 6.07) is 4.76. The maximum atomic E-state index is 12.4. The predicted molar refractivity (Wildman–Crippen MR) is 78.3 cm³/mol. The topological polar surface area (TPSA) is 49.4 Å². The van der Waals surface area contributed by atoms with Crippen molar-refractivity contribution in [1.82, 2.24) is 5.32 Å². The van der Waals surface area contributed by atoms with Gasteiger partial charge in [-0.3, -0.25) is 9.59 Å². The van der Waals surface area contributed by atoms with Crippen LogP contribution in [0.1, 0.15) is 13.8 Å². The number of nitrogens with one attached hydrogen (secondary N) is 1. The third-order valence-electron chi connectivity index (χ3n) is 3.04. The quantitative estimate of drug-likeness (QED) is 0.895. The van der Waals surface area contributed by atoms with Crippen LogP contribution >= 0.6 is 27.5 Å². The third kappa shape index (κ3) is 2.77.